The molecule has 1 rings (SSSR count). The summed E-state index contributed by atoms with van der Waals surface area (Å²) in [6, 6.07) is 3.09. The van der Waals surface area contributed by atoms with Crippen molar-refractivity contribution in [1.82, 2.24) is 10.3 Å². The minimum Gasteiger partial charge on any atom is -0.481 e. The van der Waals surface area contributed by atoms with Crippen LogP contribution in [0.4, 0.5) is 5.69 Å². The lowest BCUT2D eigenvalue weighted by Gasteiger charge is -2.13. The molecule has 1 unspecified atom stereocenters. The molecule has 0 saturated carbocycles. The van der Waals surface area contributed by atoms with Gasteiger partial charge in [-0.25, -0.2) is 4.98 Å². The number of ether oxygens (including phenoxy) is 1. The third-order valence-corrected chi connectivity index (χ3v) is 2.57. The van der Waals surface area contributed by atoms with E-state index in [1.54, 1.807) is 0 Å². The summed E-state index contributed by atoms with van der Waals surface area (Å²) in [7, 11) is 1.50. The van der Waals surface area contributed by atoms with Crippen LogP contribution >= 0.6 is 0 Å². The van der Waals surface area contributed by atoms with Crippen LogP contribution in [0, 0.1) is 10.1 Å². The number of nitrogens with zero attached hydrogens (tertiary/aromatic N) is 2. The van der Waals surface area contributed by atoms with Gasteiger partial charge in [0.25, 0.3) is 5.69 Å². The lowest BCUT2D eigenvalue weighted by molar-refractivity contribution is -0.386. The second-order valence-corrected chi connectivity index (χ2v) is 4.14. The highest BCUT2D eigenvalue weighted by molar-refractivity contribution is 5.38. The first-order valence-electron chi connectivity index (χ1n) is 6.00. The molecule has 0 amide bonds. The summed E-state index contributed by atoms with van der Waals surface area (Å²) in [5.74, 6) is 0.401. The monoisotopic (exact) mass is 253 g/mol. The van der Waals surface area contributed by atoms with Crippen LogP contribution in [-0.4, -0.2) is 29.6 Å². The van der Waals surface area contributed by atoms with Gasteiger partial charge in [-0.3, -0.25) is 10.1 Å². The second kappa shape index (κ2) is 6.90. The molecule has 0 spiro atoms. The molecule has 6 nitrogen and oxygen atoms in total. The maximum atomic E-state index is 10.9. The molecular formula is C12H19N3O3. The predicted molar refractivity (Wildman–Crippen MR) is 68.9 cm³/mol. The van der Waals surface area contributed by atoms with Gasteiger partial charge in [-0.15, -0.1) is 0 Å². The fourth-order valence-corrected chi connectivity index (χ4v) is 1.66. The summed E-state index contributed by atoms with van der Waals surface area (Å²) in [5, 5.41) is 14.2. The molecule has 100 valence electrons. The largest absolute Gasteiger partial charge is 0.481 e. The Labute approximate surface area is 107 Å². The average Bonchev–Trinajstić information content (AvgIpc) is 2.35. The number of methoxy groups -OCH3 is 1. The van der Waals surface area contributed by atoms with Gasteiger partial charge in [0.05, 0.1) is 12.0 Å². The molecule has 0 aliphatic carbocycles. The molecule has 1 aromatic rings. The minimum absolute atomic E-state index is 0.0425. The van der Waals surface area contributed by atoms with Gasteiger partial charge in [0.1, 0.15) is 5.69 Å². The summed E-state index contributed by atoms with van der Waals surface area (Å²) < 4.78 is 5.00. The first kappa shape index (κ1) is 14.4. The van der Waals surface area contributed by atoms with Crippen LogP contribution in [0.15, 0.2) is 12.1 Å². The fraction of sp³-hybridized carbons (Fsp3) is 0.583. The summed E-state index contributed by atoms with van der Waals surface area (Å²) in [6.45, 7) is 4.95. The SMILES string of the molecule is CCCNC(C)Cc1nc(OC)ccc1[N+](=O)[O-]. The van der Waals surface area contributed by atoms with E-state index < -0.39 is 4.92 Å². The summed E-state index contributed by atoms with van der Waals surface area (Å²) >= 11 is 0. The maximum absolute atomic E-state index is 10.9. The van der Waals surface area contributed by atoms with Crippen molar-refractivity contribution in [3.05, 3.63) is 27.9 Å². The lowest BCUT2D eigenvalue weighted by atomic mass is 10.1. The van der Waals surface area contributed by atoms with E-state index >= 15 is 0 Å². The molecule has 0 bridgehead atoms. The van der Waals surface area contributed by atoms with Crippen LogP contribution in [-0.2, 0) is 6.42 Å². The third kappa shape index (κ3) is 3.96. The zero-order valence-electron chi connectivity index (χ0n) is 11.0. The van der Waals surface area contributed by atoms with Crippen LogP contribution in [0.25, 0.3) is 0 Å². The van der Waals surface area contributed by atoms with Crippen LogP contribution < -0.4 is 10.1 Å². The summed E-state index contributed by atoms with van der Waals surface area (Å²) in [5.41, 5.74) is 0.497. The smallest absolute Gasteiger partial charge is 0.291 e. The highest BCUT2D eigenvalue weighted by Crippen LogP contribution is 2.21. The Kier molecular flexibility index (Phi) is 5.51. The quantitative estimate of drug-likeness (QED) is 0.593. The van der Waals surface area contributed by atoms with E-state index in [9.17, 15) is 10.1 Å². The Balaban J connectivity index is 2.86. The van der Waals surface area contributed by atoms with E-state index in [2.05, 4.69) is 17.2 Å². The van der Waals surface area contributed by atoms with Crippen molar-refractivity contribution in [3.63, 3.8) is 0 Å². The summed E-state index contributed by atoms with van der Waals surface area (Å²) in [4.78, 5) is 14.7. The Bertz CT molecular complexity index is 410. The van der Waals surface area contributed by atoms with E-state index in [0.717, 1.165) is 13.0 Å². The number of hydrogen-bond donors (Lipinski definition) is 1. The Hall–Kier alpha value is -1.69. The highest BCUT2D eigenvalue weighted by Gasteiger charge is 2.18. The van der Waals surface area contributed by atoms with Crippen molar-refractivity contribution < 1.29 is 9.66 Å². The molecule has 1 heterocycles. The number of nitrogens with one attached hydrogen (secondary N) is 1. The molecule has 0 aromatic carbocycles. The first-order valence-corrected chi connectivity index (χ1v) is 6.00. The van der Waals surface area contributed by atoms with Gasteiger partial charge in [0.2, 0.25) is 5.88 Å². The maximum Gasteiger partial charge on any atom is 0.291 e. The second-order valence-electron chi connectivity index (χ2n) is 4.14. The van der Waals surface area contributed by atoms with Crippen LogP contribution in [0.5, 0.6) is 5.88 Å². The van der Waals surface area contributed by atoms with Crippen molar-refractivity contribution in [2.45, 2.75) is 32.7 Å². The number of nitro groups is 1. The van der Waals surface area contributed by atoms with Gasteiger partial charge in [0.15, 0.2) is 0 Å². The zero-order chi connectivity index (χ0) is 13.5. The Morgan fingerprint density at radius 1 is 1.56 bits per heavy atom. The predicted octanol–water partition coefficient (Wildman–Crippen LogP) is 1.93. The highest BCUT2D eigenvalue weighted by atomic mass is 16.6. The van der Waals surface area contributed by atoms with Crippen LogP contribution in [0.3, 0.4) is 0 Å². The van der Waals surface area contributed by atoms with Crippen molar-refractivity contribution in [2.24, 2.45) is 0 Å². The van der Waals surface area contributed by atoms with E-state index in [1.165, 1.54) is 19.2 Å². The Morgan fingerprint density at radius 3 is 2.83 bits per heavy atom. The molecule has 18 heavy (non-hydrogen) atoms. The number of rotatable bonds is 7. The average molecular weight is 253 g/mol. The third-order valence-electron chi connectivity index (χ3n) is 2.57. The standard InChI is InChI=1S/C12H19N3O3/c1-4-7-13-9(2)8-10-11(15(16)17)5-6-12(14-10)18-3/h5-6,9,13H,4,7-8H2,1-3H3. The molecular weight excluding hydrogens is 234 g/mol. The van der Waals surface area contributed by atoms with Crippen LogP contribution in [0.1, 0.15) is 26.0 Å². The van der Waals surface area contributed by atoms with Gasteiger partial charge in [-0.1, -0.05) is 6.92 Å². The van der Waals surface area contributed by atoms with Gasteiger partial charge in [-0.05, 0) is 19.9 Å². The molecule has 6 heteroatoms. The number of hydrogen-bond acceptors (Lipinski definition) is 5. The molecule has 0 aliphatic heterocycles. The molecule has 1 aromatic heterocycles. The van der Waals surface area contributed by atoms with Gasteiger partial charge < -0.3 is 10.1 Å². The molecule has 0 radical (unpaired) electrons. The fourth-order valence-electron chi connectivity index (χ4n) is 1.66. The van der Waals surface area contributed by atoms with Gasteiger partial charge >= 0.3 is 0 Å². The van der Waals surface area contributed by atoms with Crippen molar-refractivity contribution in [3.8, 4) is 5.88 Å². The topological polar surface area (TPSA) is 77.3 Å². The van der Waals surface area contributed by atoms with E-state index in [4.69, 9.17) is 4.74 Å². The Morgan fingerprint density at radius 2 is 2.28 bits per heavy atom. The molecule has 0 saturated heterocycles. The molecule has 1 N–H and O–H groups in total. The van der Waals surface area contributed by atoms with Crippen molar-refractivity contribution >= 4 is 5.69 Å². The van der Waals surface area contributed by atoms with Crippen LogP contribution in [0.2, 0.25) is 0 Å². The van der Waals surface area contributed by atoms with Gasteiger partial charge in [0, 0.05) is 24.6 Å². The van der Waals surface area contributed by atoms with Crippen molar-refractivity contribution in [2.75, 3.05) is 13.7 Å². The summed E-state index contributed by atoms with van der Waals surface area (Å²) in [6.07, 6.45) is 1.53. The minimum atomic E-state index is -0.408. The van der Waals surface area contributed by atoms with Crippen molar-refractivity contribution in [1.29, 1.82) is 0 Å². The van der Waals surface area contributed by atoms with Gasteiger partial charge in [-0.2, -0.15) is 0 Å². The number of pyridine rings is 1. The van der Waals surface area contributed by atoms with E-state index in [0.29, 0.717) is 18.0 Å². The van der Waals surface area contributed by atoms with E-state index in [-0.39, 0.29) is 11.7 Å². The normalized spacial score (nSPS) is 12.2. The molecule has 0 aliphatic rings. The molecule has 0 fully saturated rings. The van der Waals surface area contributed by atoms with E-state index in [1.807, 2.05) is 6.92 Å². The number of aromatic nitrogens is 1. The zero-order valence-corrected chi connectivity index (χ0v) is 11.0. The lowest BCUT2D eigenvalue weighted by Crippen LogP contribution is -2.29. The molecule has 1 atom stereocenters. The first-order chi connectivity index (χ1) is 8.58.